The Bertz CT molecular complexity index is 1760. The summed E-state index contributed by atoms with van der Waals surface area (Å²) in [6.45, 7) is 3.82. The van der Waals surface area contributed by atoms with Crippen molar-refractivity contribution in [1.82, 2.24) is 5.43 Å². The highest BCUT2D eigenvalue weighted by molar-refractivity contribution is 7.92. The van der Waals surface area contributed by atoms with Gasteiger partial charge in [-0.25, -0.2) is 13.8 Å². The fourth-order valence-electron chi connectivity index (χ4n) is 4.25. The molecular weight excluding hydrogens is 618 g/mol. The normalized spacial score (nSPS) is 11.2. The maximum Gasteiger partial charge on any atom is 0.264 e. The molecule has 0 aliphatic rings. The topological polar surface area (TPSA) is 116 Å². The molecule has 0 heterocycles. The lowest BCUT2D eigenvalue weighted by atomic mass is 10.2. The van der Waals surface area contributed by atoms with Gasteiger partial charge in [-0.1, -0.05) is 41.4 Å². The number of sulfonamides is 1. The summed E-state index contributed by atoms with van der Waals surface area (Å²) in [7, 11) is -1.33. The summed E-state index contributed by atoms with van der Waals surface area (Å²) < 4.78 is 51.0. The molecule has 0 unspecified atom stereocenters. The minimum atomic E-state index is -4.20. The number of methoxy groups -OCH3 is 2. The lowest BCUT2D eigenvalue weighted by Gasteiger charge is -2.25. The lowest BCUT2D eigenvalue weighted by Crippen LogP contribution is -2.39. The van der Waals surface area contributed by atoms with Gasteiger partial charge >= 0.3 is 0 Å². The van der Waals surface area contributed by atoms with Crippen LogP contribution in [0.2, 0.25) is 5.02 Å². The Morgan fingerprint density at radius 2 is 1.67 bits per heavy atom. The number of carbonyl (C=O) groups is 1. The van der Waals surface area contributed by atoms with Crippen molar-refractivity contribution >= 4 is 39.4 Å². The highest BCUT2D eigenvalue weighted by Crippen LogP contribution is 2.35. The highest BCUT2D eigenvalue weighted by atomic mass is 35.5. The predicted molar refractivity (Wildman–Crippen MR) is 174 cm³/mol. The van der Waals surface area contributed by atoms with Crippen LogP contribution >= 0.6 is 11.6 Å². The SMILES string of the molecule is CCOc1cc(/C=N\NC(=O)CN(c2cc(OC)ccc2OC)S(=O)(=O)c2ccc(C)cc2)ccc1OCc1cccc(Cl)c1. The molecule has 45 heavy (non-hydrogen) atoms. The van der Waals surface area contributed by atoms with Gasteiger partial charge in [0.15, 0.2) is 11.5 Å². The van der Waals surface area contributed by atoms with Gasteiger partial charge in [0, 0.05) is 11.1 Å². The molecule has 0 spiro atoms. The second-order valence-electron chi connectivity index (χ2n) is 9.71. The Hall–Kier alpha value is -4.74. The number of hydrazone groups is 1. The van der Waals surface area contributed by atoms with Gasteiger partial charge < -0.3 is 18.9 Å². The number of anilines is 1. The molecule has 0 bridgehead atoms. The molecule has 1 amide bonds. The number of nitrogens with one attached hydrogen (secondary N) is 1. The number of carbonyl (C=O) groups excluding carboxylic acids is 1. The van der Waals surface area contributed by atoms with Crippen LogP contribution in [0.4, 0.5) is 5.69 Å². The van der Waals surface area contributed by atoms with Gasteiger partial charge in [-0.2, -0.15) is 5.10 Å². The third kappa shape index (κ3) is 8.68. The summed E-state index contributed by atoms with van der Waals surface area (Å²) >= 11 is 6.07. The standard InChI is InChI=1S/C33H34ClN3O7S/c1-5-43-32-18-24(11-15-31(32)44-22-25-7-6-8-26(34)17-25)20-35-36-33(38)21-37(29-19-27(41-3)12-16-30(29)42-4)45(39,40)28-13-9-23(2)10-14-28/h6-20H,5,21-22H2,1-4H3,(H,36,38)/b35-20-. The molecule has 4 aromatic rings. The van der Waals surface area contributed by atoms with Crippen molar-refractivity contribution in [3.63, 3.8) is 0 Å². The first-order chi connectivity index (χ1) is 21.6. The van der Waals surface area contributed by atoms with Crippen molar-refractivity contribution in [2.45, 2.75) is 25.3 Å². The summed E-state index contributed by atoms with van der Waals surface area (Å²) in [4.78, 5) is 13.1. The third-order valence-corrected chi connectivity index (χ3v) is 8.51. The van der Waals surface area contributed by atoms with Gasteiger partial charge in [0.1, 0.15) is 24.7 Å². The van der Waals surface area contributed by atoms with E-state index in [0.29, 0.717) is 41.0 Å². The van der Waals surface area contributed by atoms with Crippen LogP contribution in [-0.2, 0) is 21.4 Å². The van der Waals surface area contributed by atoms with E-state index < -0.39 is 22.5 Å². The smallest absolute Gasteiger partial charge is 0.264 e. The second-order valence-corrected chi connectivity index (χ2v) is 12.0. The predicted octanol–water partition coefficient (Wildman–Crippen LogP) is 5.99. The van der Waals surface area contributed by atoms with E-state index in [4.69, 9.17) is 30.5 Å². The van der Waals surface area contributed by atoms with Crippen LogP contribution in [0, 0.1) is 6.92 Å². The minimum Gasteiger partial charge on any atom is -0.497 e. The molecule has 12 heteroatoms. The summed E-state index contributed by atoms with van der Waals surface area (Å²) in [5, 5.41) is 4.67. The average molecular weight is 652 g/mol. The maximum absolute atomic E-state index is 13.8. The zero-order valence-corrected chi connectivity index (χ0v) is 26.9. The van der Waals surface area contributed by atoms with Crippen molar-refractivity contribution in [2.75, 3.05) is 31.7 Å². The van der Waals surface area contributed by atoms with Crippen LogP contribution in [-0.4, -0.2) is 47.9 Å². The molecule has 0 aromatic heterocycles. The molecule has 0 saturated carbocycles. The third-order valence-electron chi connectivity index (χ3n) is 6.50. The van der Waals surface area contributed by atoms with Crippen molar-refractivity contribution in [3.8, 4) is 23.0 Å². The number of hydrogen-bond donors (Lipinski definition) is 1. The lowest BCUT2D eigenvalue weighted by molar-refractivity contribution is -0.119. The van der Waals surface area contributed by atoms with Crippen molar-refractivity contribution in [1.29, 1.82) is 0 Å². The molecule has 4 aromatic carbocycles. The summed E-state index contributed by atoms with van der Waals surface area (Å²) in [5.74, 6) is 0.971. The number of amides is 1. The molecule has 0 radical (unpaired) electrons. The number of hydrogen-bond acceptors (Lipinski definition) is 8. The Balaban J connectivity index is 1.53. The van der Waals surface area contributed by atoms with E-state index in [9.17, 15) is 13.2 Å². The molecule has 1 N–H and O–H groups in total. The average Bonchev–Trinajstić information content (AvgIpc) is 3.03. The van der Waals surface area contributed by atoms with E-state index in [-0.39, 0.29) is 16.3 Å². The monoisotopic (exact) mass is 651 g/mol. The molecule has 0 aliphatic heterocycles. The summed E-state index contributed by atoms with van der Waals surface area (Å²) in [5.41, 5.74) is 4.96. The molecule has 0 atom stereocenters. The van der Waals surface area contributed by atoms with Gasteiger partial charge in [0.25, 0.3) is 15.9 Å². The molecule has 10 nitrogen and oxygen atoms in total. The molecule has 0 saturated heterocycles. The highest BCUT2D eigenvalue weighted by Gasteiger charge is 2.30. The van der Waals surface area contributed by atoms with Crippen molar-refractivity contribution < 1.29 is 32.2 Å². The first kappa shape index (κ1) is 33.2. The zero-order chi connectivity index (χ0) is 32.4. The Labute approximate surface area is 268 Å². The van der Waals surface area contributed by atoms with E-state index in [2.05, 4.69) is 10.5 Å². The van der Waals surface area contributed by atoms with Crippen LogP contribution in [0.3, 0.4) is 0 Å². The van der Waals surface area contributed by atoms with Crippen LogP contribution < -0.4 is 28.7 Å². The number of nitrogens with zero attached hydrogens (tertiary/aromatic N) is 2. The summed E-state index contributed by atoms with van der Waals surface area (Å²) in [6.07, 6.45) is 1.42. The quantitative estimate of drug-likeness (QED) is 0.132. The Kier molecular flexibility index (Phi) is 11.3. The first-order valence-corrected chi connectivity index (χ1v) is 15.7. The van der Waals surface area contributed by atoms with Gasteiger partial charge in [0.2, 0.25) is 0 Å². The zero-order valence-electron chi connectivity index (χ0n) is 25.3. The van der Waals surface area contributed by atoms with E-state index in [0.717, 1.165) is 15.4 Å². The van der Waals surface area contributed by atoms with E-state index in [1.54, 1.807) is 48.5 Å². The fourth-order valence-corrected chi connectivity index (χ4v) is 5.89. The maximum atomic E-state index is 13.8. The number of benzene rings is 4. The fraction of sp³-hybridized carbons (Fsp3) is 0.212. The summed E-state index contributed by atoms with van der Waals surface area (Å²) in [6, 6.07) is 23.6. The molecule has 0 aliphatic carbocycles. The van der Waals surface area contributed by atoms with Crippen molar-refractivity contribution in [3.05, 3.63) is 107 Å². The molecule has 236 valence electrons. The first-order valence-electron chi connectivity index (χ1n) is 13.9. The Morgan fingerprint density at radius 3 is 2.36 bits per heavy atom. The van der Waals surface area contributed by atoms with Crippen LogP contribution in [0.5, 0.6) is 23.0 Å². The number of halogens is 1. The second kappa shape index (κ2) is 15.3. The minimum absolute atomic E-state index is 0.00963. The van der Waals surface area contributed by atoms with Crippen LogP contribution in [0.1, 0.15) is 23.6 Å². The number of ether oxygens (including phenoxy) is 4. The van der Waals surface area contributed by atoms with Gasteiger partial charge in [0.05, 0.1) is 37.6 Å². The van der Waals surface area contributed by atoms with E-state index in [1.807, 2.05) is 32.0 Å². The largest absolute Gasteiger partial charge is 0.497 e. The van der Waals surface area contributed by atoms with Crippen LogP contribution in [0.25, 0.3) is 0 Å². The molecule has 0 fully saturated rings. The van der Waals surface area contributed by atoms with Crippen LogP contribution in [0.15, 0.2) is 94.9 Å². The van der Waals surface area contributed by atoms with Gasteiger partial charge in [-0.15, -0.1) is 0 Å². The number of rotatable bonds is 14. The molecule has 4 rings (SSSR count). The molecular formula is C33H34ClN3O7S. The Morgan fingerprint density at radius 1 is 0.911 bits per heavy atom. The van der Waals surface area contributed by atoms with E-state index in [1.165, 1.54) is 38.6 Å². The van der Waals surface area contributed by atoms with Gasteiger partial charge in [-0.05, 0) is 79.6 Å². The van der Waals surface area contributed by atoms with Crippen molar-refractivity contribution in [2.24, 2.45) is 5.10 Å². The number of aryl methyl sites for hydroxylation is 1. The van der Waals surface area contributed by atoms with E-state index >= 15 is 0 Å². The van der Waals surface area contributed by atoms with Gasteiger partial charge in [-0.3, -0.25) is 9.10 Å².